The van der Waals surface area contributed by atoms with Gasteiger partial charge in [-0.2, -0.15) is 0 Å². The van der Waals surface area contributed by atoms with Crippen molar-refractivity contribution in [2.24, 2.45) is 0 Å². The monoisotopic (exact) mass is 228 g/mol. The first kappa shape index (κ1) is 9.71. The maximum atomic E-state index is 5.96. The summed E-state index contributed by atoms with van der Waals surface area (Å²) >= 11 is 7.50. The number of hydrogen-bond donors (Lipinski definition) is 1. The molecule has 0 spiro atoms. The van der Waals surface area contributed by atoms with Crippen LogP contribution in [-0.2, 0) is 6.54 Å². The lowest BCUT2D eigenvalue weighted by Gasteiger charge is -1.91. The van der Waals surface area contributed by atoms with E-state index >= 15 is 0 Å². The van der Waals surface area contributed by atoms with E-state index in [0.29, 0.717) is 5.15 Å². The normalized spacial score (nSPS) is 10.7. The standard InChI is InChI=1S/C9H9ClN2OS/c1-11-5-7-8(10)12-9(14-7)6-3-2-4-13-6/h2-4,11H,5H2,1H3. The second-order valence-electron chi connectivity index (χ2n) is 2.74. The molecule has 2 aromatic heterocycles. The number of hydrogen-bond acceptors (Lipinski definition) is 4. The third kappa shape index (κ3) is 1.82. The summed E-state index contributed by atoms with van der Waals surface area (Å²) in [5, 5.41) is 4.41. The Morgan fingerprint density at radius 1 is 1.64 bits per heavy atom. The molecular formula is C9H9ClN2OS. The largest absolute Gasteiger partial charge is 0.462 e. The van der Waals surface area contributed by atoms with Crippen molar-refractivity contribution in [3.63, 3.8) is 0 Å². The van der Waals surface area contributed by atoms with Gasteiger partial charge in [0, 0.05) is 6.54 Å². The van der Waals surface area contributed by atoms with Crippen molar-refractivity contribution < 1.29 is 4.42 Å². The number of halogens is 1. The van der Waals surface area contributed by atoms with Crippen molar-refractivity contribution in [2.75, 3.05) is 7.05 Å². The van der Waals surface area contributed by atoms with Crippen LogP contribution in [0.3, 0.4) is 0 Å². The minimum absolute atomic E-state index is 0.552. The fourth-order valence-electron chi connectivity index (χ4n) is 1.11. The van der Waals surface area contributed by atoms with Gasteiger partial charge in [0.1, 0.15) is 5.15 Å². The topological polar surface area (TPSA) is 38.1 Å². The summed E-state index contributed by atoms with van der Waals surface area (Å²) in [5.41, 5.74) is 0. The lowest BCUT2D eigenvalue weighted by Crippen LogP contribution is -2.03. The van der Waals surface area contributed by atoms with Crippen LogP contribution >= 0.6 is 22.9 Å². The molecule has 2 rings (SSSR count). The van der Waals surface area contributed by atoms with Crippen LogP contribution in [0.4, 0.5) is 0 Å². The van der Waals surface area contributed by atoms with Crippen LogP contribution in [0.1, 0.15) is 4.88 Å². The van der Waals surface area contributed by atoms with E-state index in [1.165, 1.54) is 0 Å². The van der Waals surface area contributed by atoms with Gasteiger partial charge >= 0.3 is 0 Å². The van der Waals surface area contributed by atoms with E-state index in [2.05, 4.69) is 10.3 Å². The fraction of sp³-hybridized carbons (Fsp3) is 0.222. The highest BCUT2D eigenvalue weighted by Crippen LogP contribution is 2.30. The van der Waals surface area contributed by atoms with Crippen molar-refractivity contribution in [1.29, 1.82) is 0 Å². The van der Waals surface area contributed by atoms with Gasteiger partial charge in [0.25, 0.3) is 0 Å². The Hall–Kier alpha value is -0.840. The molecule has 2 aromatic rings. The molecule has 14 heavy (non-hydrogen) atoms. The van der Waals surface area contributed by atoms with Gasteiger partial charge in [-0.05, 0) is 19.2 Å². The van der Waals surface area contributed by atoms with E-state index in [1.807, 2.05) is 19.2 Å². The number of aromatic nitrogens is 1. The number of thiazole rings is 1. The average molecular weight is 229 g/mol. The molecule has 2 heterocycles. The predicted molar refractivity (Wildman–Crippen MR) is 57.6 cm³/mol. The third-order valence-electron chi connectivity index (χ3n) is 1.72. The van der Waals surface area contributed by atoms with Crippen molar-refractivity contribution in [2.45, 2.75) is 6.54 Å². The molecule has 0 atom stereocenters. The molecule has 74 valence electrons. The minimum Gasteiger partial charge on any atom is -0.462 e. The summed E-state index contributed by atoms with van der Waals surface area (Å²) in [4.78, 5) is 5.25. The van der Waals surface area contributed by atoms with Crippen LogP contribution in [0.25, 0.3) is 10.8 Å². The summed E-state index contributed by atoms with van der Waals surface area (Å²) < 4.78 is 5.23. The zero-order valence-corrected chi connectivity index (χ0v) is 9.15. The minimum atomic E-state index is 0.552. The first-order valence-corrected chi connectivity index (χ1v) is 5.34. The van der Waals surface area contributed by atoms with E-state index in [0.717, 1.165) is 22.2 Å². The third-order valence-corrected chi connectivity index (χ3v) is 3.21. The second-order valence-corrected chi connectivity index (χ2v) is 4.18. The molecule has 0 aliphatic carbocycles. The van der Waals surface area contributed by atoms with Crippen molar-refractivity contribution >= 4 is 22.9 Å². The van der Waals surface area contributed by atoms with Crippen molar-refractivity contribution in [3.8, 4) is 10.8 Å². The summed E-state index contributed by atoms with van der Waals surface area (Å²) in [7, 11) is 1.88. The Morgan fingerprint density at radius 2 is 2.50 bits per heavy atom. The van der Waals surface area contributed by atoms with Gasteiger partial charge in [0.15, 0.2) is 10.8 Å². The summed E-state index contributed by atoms with van der Waals surface area (Å²) in [6.07, 6.45) is 1.63. The Balaban J connectivity index is 2.33. The molecule has 0 aliphatic rings. The number of furan rings is 1. The average Bonchev–Trinajstić information content (AvgIpc) is 2.76. The lowest BCUT2D eigenvalue weighted by molar-refractivity contribution is 0.582. The highest BCUT2D eigenvalue weighted by Gasteiger charge is 2.11. The Morgan fingerprint density at radius 3 is 3.14 bits per heavy atom. The number of nitrogens with one attached hydrogen (secondary N) is 1. The predicted octanol–water partition coefficient (Wildman–Crippen LogP) is 2.78. The van der Waals surface area contributed by atoms with Crippen LogP contribution in [0.15, 0.2) is 22.8 Å². The van der Waals surface area contributed by atoms with E-state index in [4.69, 9.17) is 16.0 Å². The summed E-state index contributed by atoms with van der Waals surface area (Å²) in [6.45, 7) is 0.733. The van der Waals surface area contributed by atoms with E-state index in [1.54, 1.807) is 17.6 Å². The summed E-state index contributed by atoms with van der Waals surface area (Å²) in [5.74, 6) is 0.763. The molecule has 0 amide bonds. The van der Waals surface area contributed by atoms with Crippen LogP contribution in [0.2, 0.25) is 5.15 Å². The zero-order chi connectivity index (χ0) is 9.97. The zero-order valence-electron chi connectivity index (χ0n) is 7.58. The van der Waals surface area contributed by atoms with Crippen molar-refractivity contribution in [3.05, 3.63) is 28.4 Å². The molecule has 0 radical (unpaired) electrons. The van der Waals surface area contributed by atoms with Crippen LogP contribution in [0.5, 0.6) is 0 Å². The van der Waals surface area contributed by atoms with Crippen LogP contribution < -0.4 is 5.32 Å². The molecule has 0 fully saturated rings. The van der Waals surface area contributed by atoms with E-state index in [-0.39, 0.29) is 0 Å². The molecule has 0 aliphatic heterocycles. The highest BCUT2D eigenvalue weighted by atomic mass is 35.5. The van der Waals surface area contributed by atoms with Crippen LogP contribution in [-0.4, -0.2) is 12.0 Å². The van der Waals surface area contributed by atoms with Crippen LogP contribution in [0, 0.1) is 0 Å². The van der Waals surface area contributed by atoms with Gasteiger partial charge in [-0.1, -0.05) is 11.6 Å². The lowest BCUT2D eigenvalue weighted by atomic mass is 10.5. The summed E-state index contributed by atoms with van der Waals surface area (Å²) in [6, 6.07) is 3.71. The highest BCUT2D eigenvalue weighted by molar-refractivity contribution is 7.15. The molecule has 1 N–H and O–H groups in total. The first-order valence-electron chi connectivity index (χ1n) is 4.15. The van der Waals surface area contributed by atoms with E-state index in [9.17, 15) is 0 Å². The van der Waals surface area contributed by atoms with Gasteiger partial charge in [-0.15, -0.1) is 11.3 Å². The molecule has 0 bridgehead atoms. The van der Waals surface area contributed by atoms with Gasteiger partial charge in [0.2, 0.25) is 0 Å². The van der Waals surface area contributed by atoms with Gasteiger partial charge in [-0.3, -0.25) is 0 Å². The maximum absolute atomic E-state index is 5.96. The SMILES string of the molecule is CNCc1sc(-c2ccco2)nc1Cl. The maximum Gasteiger partial charge on any atom is 0.162 e. The fourth-order valence-corrected chi connectivity index (χ4v) is 2.36. The smallest absolute Gasteiger partial charge is 0.162 e. The number of rotatable bonds is 3. The number of nitrogens with zero attached hydrogens (tertiary/aromatic N) is 1. The van der Waals surface area contributed by atoms with Crippen molar-refractivity contribution in [1.82, 2.24) is 10.3 Å². The molecule has 3 nitrogen and oxygen atoms in total. The molecule has 0 unspecified atom stereocenters. The second kappa shape index (κ2) is 4.13. The van der Waals surface area contributed by atoms with Gasteiger partial charge < -0.3 is 9.73 Å². The Kier molecular flexibility index (Phi) is 2.86. The van der Waals surface area contributed by atoms with Gasteiger partial charge in [0.05, 0.1) is 11.1 Å². The van der Waals surface area contributed by atoms with E-state index < -0.39 is 0 Å². The Labute approximate surface area is 90.7 Å². The molecular weight excluding hydrogens is 220 g/mol. The molecule has 5 heteroatoms. The quantitative estimate of drug-likeness (QED) is 0.878. The molecule has 0 saturated carbocycles. The van der Waals surface area contributed by atoms with Gasteiger partial charge in [-0.25, -0.2) is 4.98 Å². The molecule has 0 aromatic carbocycles. The Bertz CT molecular complexity index is 410. The first-order chi connectivity index (χ1) is 6.81. The molecule has 0 saturated heterocycles.